The fourth-order valence-electron chi connectivity index (χ4n) is 1.72. The van der Waals surface area contributed by atoms with Crippen molar-refractivity contribution in [3.63, 3.8) is 0 Å². The van der Waals surface area contributed by atoms with Gasteiger partial charge in [0.15, 0.2) is 0 Å². The van der Waals surface area contributed by atoms with Crippen molar-refractivity contribution >= 4 is 46.6 Å². The van der Waals surface area contributed by atoms with Gasteiger partial charge in [0.2, 0.25) is 0 Å². The van der Waals surface area contributed by atoms with Crippen LogP contribution in [0.5, 0.6) is 0 Å². The third-order valence-electron chi connectivity index (χ3n) is 2.99. The molecule has 1 rings (SSSR count). The normalized spacial score (nSPS) is 9.88. The number of nitroso groups, excluding NO2 is 2. The second kappa shape index (κ2) is 10.4. The highest BCUT2D eigenvalue weighted by Crippen LogP contribution is 2.21. The number of aryl methyl sites for hydroxylation is 1. The maximum Gasteiger partial charge on any atom is 0.344 e. The SMILES string of the molecule is Cc1ccc(NC(=O)N(CCCl)N=O)cc1NC(=O)N(CCCl)N=O. The van der Waals surface area contributed by atoms with E-state index < -0.39 is 12.1 Å². The molecule has 25 heavy (non-hydrogen) atoms. The van der Waals surface area contributed by atoms with E-state index in [1.165, 1.54) is 6.07 Å². The quantitative estimate of drug-likeness (QED) is 0.400. The number of rotatable bonds is 8. The first-order chi connectivity index (χ1) is 12.0. The highest BCUT2D eigenvalue weighted by atomic mass is 35.5. The third-order valence-corrected chi connectivity index (χ3v) is 3.33. The van der Waals surface area contributed by atoms with E-state index in [0.29, 0.717) is 27.0 Å². The van der Waals surface area contributed by atoms with E-state index >= 15 is 0 Å². The molecular formula is C13H16Cl2N6O4. The van der Waals surface area contributed by atoms with Gasteiger partial charge in [-0.05, 0) is 24.6 Å². The predicted octanol–water partition coefficient (Wildman–Crippen LogP) is 3.50. The lowest BCUT2D eigenvalue weighted by atomic mass is 10.2. The summed E-state index contributed by atoms with van der Waals surface area (Å²) in [6.45, 7) is 1.61. The Balaban J connectivity index is 2.88. The summed E-state index contributed by atoms with van der Waals surface area (Å²) in [5, 5.41) is 11.4. The van der Waals surface area contributed by atoms with E-state index in [4.69, 9.17) is 23.2 Å². The molecule has 0 spiro atoms. The van der Waals surface area contributed by atoms with E-state index in [9.17, 15) is 19.4 Å². The summed E-state index contributed by atoms with van der Waals surface area (Å²) in [5.74, 6) is 0.0901. The number of alkyl halides is 2. The van der Waals surface area contributed by atoms with E-state index in [-0.39, 0.29) is 24.8 Å². The summed E-state index contributed by atoms with van der Waals surface area (Å²) in [7, 11) is 0. The van der Waals surface area contributed by atoms with Gasteiger partial charge in [0, 0.05) is 23.1 Å². The Hall–Kier alpha value is -2.46. The first kappa shape index (κ1) is 20.6. The molecule has 10 nitrogen and oxygen atoms in total. The highest BCUT2D eigenvalue weighted by molar-refractivity contribution is 6.18. The van der Waals surface area contributed by atoms with Crippen LogP contribution in [0.25, 0.3) is 0 Å². The monoisotopic (exact) mass is 390 g/mol. The number of benzene rings is 1. The van der Waals surface area contributed by atoms with Crippen LogP contribution in [0.3, 0.4) is 0 Å². The Morgan fingerprint density at radius 3 is 2.00 bits per heavy atom. The molecule has 136 valence electrons. The van der Waals surface area contributed by atoms with Gasteiger partial charge < -0.3 is 10.6 Å². The minimum atomic E-state index is -0.768. The van der Waals surface area contributed by atoms with Crippen molar-refractivity contribution in [1.29, 1.82) is 0 Å². The molecule has 0 bridgehead atoms. The maximum absolute atomic E-state index is 12.0. The van der Waals surface area contributed by atoms with E-state index in [1.807, 2.05) is 0 Å². The number of carbonyl (C=O) groups excluding carboxylic acids is 2. The Morgan fingerprint density at radius 1 is 1.00 bits per heavy atom. The fraction of sp³-hybridized carbons (Fsp3) is 0.385. The topological polar surface area (TPSA) is 124 Å². The minimum absolute atomic E-state index is 0.0450. The van der Waals surface area contributed by atoms with Crippen LogP contribution in [0.15, 0.2) is 28.8 Å². The lowest BCUT2D eigenvalue weighted by Crippen LogP contribution is -2.32. The maximum atomic E-state index is 12.0. The smallest absolute Gasteiger partial charge is 0.306 e. The molecule has 1 aromatic rings. The van der Waals surface area contributed by atoms with E-state index in [1.54, 1.807) is 19.1 Å². The van der Waals surface area contributed by atoms with Gasteiger partial charge in [0.05, 0.1) is 23.7 Å². The Morgan fingerprint density at radius 2 is 1.52 bits per heavy atom. The predicted molar refractivity (Wildman–Crippen MR) is 95.7 cm³/mol. The number of amides is 4. The number of nitrogens with zero attached hydrogens (tertiary/aromatic N) is 4. The van der Waals surface area contributed by atoms with Crippen molar-refractivity contribution in [2.45, 2.75) is 6.92 Å². The molecule has 12 heteroatoms. The van der Waals surface area contributed by atoms with E-state index in [2.05, 4.69) is 21.2 Å². The van der Waals surface area contributed by atoms with Crippen molar-refractivity contribution in [3.05, 3.63) is 33.6 Å². The number of hydrogen-bond donors (Lipinski definition) is 2. The molecule has 1 aromatic carbocycles. The van der Waals surface area contributed by atoms with Crippen LogP contribution in [0.2, 0.25) is 0 Å². The number of nitrogens with one attached hydrogen (secondary N) is 2. The van der Waals surface area contributed by atoms with Crippen LogP contribution in [0.4, 0.5) is 21.0 Å². The van der Waals surface area contributed by atoms with Crippen LogP contribution >= 0.6 is 23.2 Å². The number of carbonyl (C=O) groups is 2. The first-order valence-corrected chi connectivity index (χ1v) is 8.09. The Labute approximate surface area is 153 Å². The molecule has 4 amide bonds. The van der Waals surface area contributed by atoms with Crippen LogP contribution in [-0.2, 0) is 0 Å². The molecule has 0 saturated carbocycles. The number of halogens is 2. The molecule has 0 atom stereocenters. The summed E-state index contributed by atoms with van der Waals surface area (Å²) in [5.41, 5.74) is 1.32. The summed E-state index contributed by atoms with van der Waals surface area (Å²) in [6.07, 6.45) is 0. The number of hydrogen-bond acceptors (Lipinski definition) is 6. The zero-order valence-corrected chi connectivity index (χ0v) is 14.8. The molecule has 0 aliphatic rings. The zero-order valence-electron chi connectivity index (χ0n) is 13.2. The van der Waals surface area contributed by atoms with Crippen molar-refractivity contribution in [1.82, 2.24) is 10.0 Å². The standard InChI is InChI=1S/C13H16Cl2N6O4/c1-9-2-3-10(16-12(22)20(18-24)6-4-14)8-11(9)17-13(23)21(19-25)7-5-15/h2-3,8H,4-7H2,1H3,(H,16,22)(H,17,23). The second-order valence-electron chi connectivity index (χ2n) is 4.68. The van der Waals surface area contributed by atoms with Gasteiger partial charge in [0.1, 0.15) is 0 Å². The average molecular weight is 391 g/mol. The van der Waals surface area contributed by atoms with Crippen LogP contribution in [0, 0.1) is 16.7 Å². The molecular weight excluding hydrogens is 375 g/mol. The van der Waals surface area contributed by atoms with Crippen LogP contribution < -0.4 is 10.6 Å². The lowest BCUT2D eigenvalue weighted by molar-refractivity contribution is 0.215. The van der Waals surface area contributed by atoms with Gasteiger partial charge in [0.25, 0.3) is 0 Å². The molecule has 0 fully saturated rings. The molecule has 0 saturated heterocycles. The Kier molecular flexibility index (Phi) is 8.57. The summed E-state index contributed by atoms with van der Waals surface area (Å²) in [4.78, 5) is 45.1. The second-order valence-corrected chi connectivity index (χ2v) is 5.43. The largest absolute Gasteiger partial charge is 0.344 e. The van der Waals surface area contributed by atoms with Gasteiger partial charge in [-0.3, -0.25) is 0 Å². The van der Waals surface area contributed by atoms with Crippen molar-refractivity contribution in [2.75, 3.05) is 35.5 Å². The molecule has 0 unspecified atom stereocenters. The van der Waals surface area contributed by atoms with Gasteiger partial charge in [-0.1, -0.05) is 6.07 Å². The fourth-order valence-corrected chi connectivity index (χ4v) is 2.04. The van der Waals surface area contributed by atoms with Gasteiger partial charge >= 0.3 is 12.1 Å². The number of urea groups is 2. The summed E-state index contributed by atoms with van der Waals surface area (Å²) >= 11 is 11.0. The van der Waals surface area contributed by atoms with Gasteiger partial charge in [-0.15, -0.1) is 33.0 Å². The third kappa shape index (κ3) is 6.16. The summed E-state index contributed by atoms with van der Waals surface area (Å²) in [6, 6.07) is 3.13. The zero-order chi connectivity index (χ0) is 18.8. The Bertz CT molecular complexity index is 645. The van der Waals surface area contributed by atoms with Crippen molar-refractivity contribution in [3.8, 4) is 0 Å². The molecule has 0 aliphatic carbocycles. The summed E-state index contributed by atoms with van der Waals surface area (Å²) < 4.78 is 0. The molecule has 2 N–H and O–H groups in total. The highest BCUT2D eigenvalue weighted by Gasteiger charge is 2.16. The molecule has 0 radical (unpaired) electrons. The lowest BCUT2D eigenvalue weighted by Gasteiger charge is -2.16. The van der Waals surface area contributed by atoms with Crippen molar-refractivity contribution < 1.29 is 9.59 Å². The minimum Gasteiger partial charge on any atom is -0.306 e. The van der Waals surface area contributed by atoms with Crippen LogP contribution in [0.1, 0.15) is 5.56 Å². The van der Waals surface area contributed by atoms with Gasteiger partial charge in [-0.2, -0.15) is 10.0 Å². The van der Waals surface area contributed by atoms with Crippen molar-refractivity contribution in [2.24, 2.45) is 10.6 Å². The average Bonchev–Trinajstić information content (AvgIpc) is 2.60. The molecule has 0 heterocycles. The van der Waals surface area contributed by atoms with Gasteiger partial charge in [-0.25, -0.2) is 9.59 Å². The number of anilines is 2. The molecule has 0 aliphatic heterocycles. The van der Waals surface area contributed by atoms with E-state index in [0.717, 1.165) is 0 Å². The first-order valence-electron chi connectivity index (χ1n) is 7.03. The van der Waals surface area contributed by atoms with Crippen LogP contribution in [-0.4, -0.2) is 46.9 Å². The molecule has 0 aromatic heterocycles.